The van der Waals surface area contributed by atoms with Gasteiger partial charge in [-0.2, -0.15) is 0 Å². The Balaban J connectivity index is 0.00000147. The zero-order chi connectivity index (χ0) is 13.1. The Kier molecular flexibility index (Phi) is 6.39. The second-order valence-electron chi connectivity index (χ2n) is 6.46. The molecule has 0 spiro atoms. The summed E-state index contributed by atoms with van der Waals surface area (Å²) >= 11 is 0. The SMILES string of the molecule is CN=C(NCC1CC1)NC1CCN(C2CCCC2)C1.I. The summed E-state index contributed by atoms with van der Waals surface area (Å²) in [5.74, 6) is 1.90. The number of nitrogens with one attached hydrogen (secondary N) is 2. The van der Waals surface area contributed by atoms with Crippen LogP contribution in [0, 0.1) is 5.92 Å². The Labute approximate surface area is 140 Å². The number of likely N-dealkylation sites (tertiary alicyclic amines) is 1. The fraction of sp³-hybridized carbons (Fsp3) is 0.933. The van der Waals surface area contributed by atoms with Crippen LogP contribution >= 0.6 is 24.0 Å². The molecular formula is C15H29IN4. The molecule has 0 aromatic heterocycles. The highest BCUT2D eigenvalue weighted by molar-refractivity contribution is 14.0. The van der Waals surface area contributed by atoms with Gasteiger partial charge in [-0.05, 0) is 38.0 Å². The van der Waals surface area contributed by atoms with Crippen LogP contribution in [0.5, 0.6) is 0 Å². The summed E-state index contributed by atoms with van der Waals surface area (Å²) in [5.41, 5.74) is 0. The van der Waals surface area contributed by atoms with Gasteiger partial charge in [0.2, 0.25) is 0 Å². The fourth-order valence-corrected chi connectivity index (χ4v) is 3.46. The maximum atomic E-state index is 4.35. The van der Waals surface area contributed by atoms with Gasteiger partial charge in [0.05, 0.1) is 0 Å². The van der Waals surface area contributed by atoms with E-state index in [2.05, 4.69) is 20.5 Å². The van der Waals surface area contributed by atoms with Crippen LogP contribution in [0.1, 0.15) is 44.9 Å². The van der Waals surface area contributed by atoms with E-state index in [-0.39, 0.29) is 24.0 Å². The van der Waals surface area contributed by atoms with Crippen LogP contribution in [0.3, 0.4) is 0 Å². The summed E-state index contributed by atoms with van der Waals surface area (Å²) in [7, 11) is 1.88. The summed E-state index contributed by atoms with van der Waals surface area (Å²) in [6, 6.07) is 1.46. The van der Waals surface area contributed by atoms with E-state index in [1.54, 1.807) is 0 Å². The van der Waals surface area contributed by atoms with Gasteiger partial charge < -0.3 is 10.6 Å². The molecular weight excluding hydrogens is 363 g/mol. The molecule has 5 heteroatoms. The molecule has 3 aliphatic rings. The van der Waals surface area contributed by atoms with E-state index < -0.39 is 0 Å². The van der Waals surface area contributed by atoms with Crippen LogP contribution in [0.25, 0.3) is 0 Å². The number of halogens is 1. The highest BCUT2D eigenvalue weighted by atomic mass is 127. The highest BCUT2D eigenvalue weighted by Gasteiger charge is 2.30. The molecule has 1 atom stereocenters. The average molecular weight is 392 g/mol. The summed E-state index contributed by atoms with van der Waals surface area (Å²) in [4.78, 5) is 7.04. The number of aliphatic imine (C=N–C) groups is 1. The maximum absolute atomic E-state index is 4.35. The van der Waals surface area contributed by atoms with Crippen molar-refractivity contribution in [1.82, 2.24) is 15.5 Å². The minimum Gasteiger partial charge on any atom is -0.356 e. The molecule has 0 aromatic carbocycles. The molecule has 1 heterocycles. The minimum absolute atomic E-state index is 0. The fourth-order valence-electron chi connectivity index (χ4n) is 3.46. The summed E-state index contributed by atoms with van der Waals surface area (Å²) in [6.07, 6.45) is 9.75. The van der Waals surface area contributed by atoms with Crippen molar-refractivity contribution in [1.29, 1.82) is 0 Å². The largest absolute Gasteiger partial charge is 0.356 e. The molecule has 2 aliphatic carbocycles. The molecule has 2 saturated carbocycles. The van der Waals surface area contributed by atoms with Crippen molar-refractivity contribution in [2.45, 2.75) is 57.0 Å². The Morgan fingerprint density at radius 3 is 2.55 bits per heavy atom. The lowest BCUT2D eigenvalue weighted by Crippen LogP contribution is -2.45. The Hall–Kier alpha value is -0.0400. The molecule has 1 unspecified atom stereocenters. The predicted octanol–water partition coefficient (Wildman–Crippen LogP) is 2.20. The zero-order valence-corrected chi connectivity index (χ0v) is 14.9. The van der Waals surface area contributed by atoms with Gasteiger partial charge in [-0.1, -0.05) is 12.8 Å². The molecule has 2 N–H and O–H groups in total. The van der Waals surface area contributed by atoms with Crippen molar-refractivity contribution < 1.29 is 0 Å². The van der Waals surface area contributed by atoms with Crippen molar-refractivity contribution in [3.05, 3.63) is 0 Å². The molecule has 4 nitrogen and oxygen atoms in total. The average Bonchev–Trinajstić information content (AvgIpc) is 2.93. The quantitative estimate of drug-likeness (QED) is 0.438. The first-order valence-corrected chi connectivity index (χ1v) is 8.06. The van der Waals surface area contributed by atoms with Crippen molar-refractivity contribution in [2.75, 3.05) is 26.7 Å². The van der Waals surface area contributed by atoms with Gasteiger partial charge in [0, 0.05) is 38.8 Å². The van der Waals surface area contributed by atoms with E-state index in [0.29, 0.717) is 6.04 Å². The lowest BCUT2D eigenvalue weighted by atomic mass is 10.2. The molecule has 0 amide bonds. The van der Waals surface area contributed by atoms with Crippen molar-refractivity contribution >= 4 is 29.9 Å². The number of nitrogens with zero attached hydrogens (tertiary/aromatic N) is 2. The summed E-state index contributed by atoms with van der Waals surface area (Å²) in [6.45, 7) is 3.56. The van der Waals surface area contributed by atoms with E-state index in [4.69, 9.17) is 0 Å². The van der Waals surface area contributed by atoms with Crippen LogP contribution in [0.15, 0.2) is 4.99 Å². The lowest BCUT2D eigenvalue weighted by Gasteiger charge is -2.24. The van der Waals surface area contributed by atoms with E-state index in [9.17, 15) is 0 Å². The number of guanidine groups is 1. The van der Waals surface area contributed by atoms with Gasteiger partial charge in [-0.15, -0.1) is 24.0 Å². The summed E-state index contributed by atoms with van der Waals surface area (Å²) in [5, 5.41) is 7.06. The molecule has 1 saturated heterocycles. The van der Waals surface area contributed by atoms with Gasteiger partial charge in [-0.3, -0.25) is 9.89 Å². The van der Waals surface area contributed by atoms with E-state index in [0.717, 1.165) is 24.5 Å². The Morgan fingerprint density at radius 1 is 1.15 bits per heavy atom. The molecule has 20 heavy (non-hydrogen) atoms. The summed E-state index contributed by atoms with van der Waals surface area (Å²) < 4.78 is 0. The third kappa shape index (κ3) is 4.48. The van der Waals surface area contributed by atoms with Gasteiger partial charge in [0.25, 0.3) is 0 Å². The first kappa shape index (κ1) is 16.3. The Bertz CT molecular complexity index is 324. The standard InChI is InChI=1S/C15H28N4.HI/c1-16-15(17-10-12-6-7-12)18-13-8-9-19(11-13)14-4-2-3-5-14;/h12-14H,2-11H2,1H3,(H2,16,17,18);1H. The van der Waals surface area contributed by atoms with Gasteiger partial charge in [-0.25, -0.2) is 0 Å². The smallest absolute Gasteiger partial charge is 0.191 e. The van der Waals surface area contributed by atoms with Crippen LogP contribution in [-0.2, 0) is 0 Å². The van der Waals surface area contributed by atoms with Crippen LogP contribution < -0.4 is 10.6 Å². The maximum Gasteiger partial charge on any atom is 0.191 e. The van der Waals surface area contributed by atoms with Gasteiger partial charge >= 0.3 is 0 Å². The lowest BCUT2D eigenvalue weighted by molar-refractivity contribution is 0.242. The number of hydrogen-bond acceptors (Lipinski definition) is 2. The molecule has 0 aromatic rings. The topological polar surface area (TPSA) is 39.7 Å². The number of hydrogen-bond donors (Lipinski definition) is 2. The third-order valence-electron chi connectivity index (χ3n) is 4.88. The third-order valence-corrected chi connectivity index (χ3v) is 4.88. The minimum atomic E-state index is 0. The molecule has 1 aliphatic heterocycles. The van der Waals surface area contributed by atoms with E-state index in [1.807, 2.05) is 7.05 Å². The normalized spacial score (nSPS) is 28.4. The molecule has 0 radical (unpaired) electrons. The highest BCUT2D eigenvalue weighted by Crippen LogP contribution is 2.28. The first-order chi connectivity index (χ1) is 9.35. The zero-order valence-electron chi connectivity index (χ0n) is 12.6. The van der Waals surface area contributed by atoms with Crippen LogP contribution in [0.2, 0.25) is 0 Å². The molecule has 3 rings (SSSR count). The van der Waals surface area contributed by atoms with E-state index in [1.165, 1.54) is 58.0 Å². The predicted molar refractivity (Wildman–Crippen MR) is 94.9 cm³/mol. The van der Waals surface area contributed by atoms with Gasteiger partial charge in [0.1, 0.15) is 0 Å². The van der Waals surface area contributed by atoms with E-state index >= 15 is 0 Å². The second kappa shape index (κ2) is 7.82. The van der Waals surface area contributed by atoms with Crippen molar-refractivity contribution in [3.8, 4) is 0 Å². The monoisotopic (exact) mass is 392 g/mol. The Morgan fingerprint density at radius 2 is 1.90 bits per heavy atom. The second-order valence-corrected chi connectivity index (χ2v) is 6.46. The van der Waals surface area contributed by atoms with Crippen LogP contribution in [0.4, 0.5) is 0 Å². The van der Waals surface area contributed by atoms with Crippen molar-refractivity contribution in [3.63, 3.8) is 0 Å². The van der Waals surface area contributed by atoms with Gasteiger partial charge in [0.15, 0.2) is 5.96 Å². The van der Waals surface area contributed by atoms with Crippen molar-refractivity contribution in [2.24, 2.45) is 10.9 Å². The first-order valence-electron chi connectivity index (χ1n) is 8.06. The number of rotatable bonds is 4. The molecule has 3 fully saturated rings. The molecule has 116 valence electrons. The molecule has 0 bridgehead atoms. The van der Waals surface area contributed by atoms with Crippen LogP contribution in [-0.4, -0.2) is 49.6 Å².